The molecule has 0 N–H and O–H groups in total. The number of likely N-dealkylation sites (N-methyl/N-ethyl adjacent to an activating group) is 1. The van der Waals surface area contributed by atoms with Gasteiger partial charge in [0, 0.05) is 13.6 Å². The van der Waals surface area contributed by atoms with Crippen molar-refractivity contribution < 1.29 is 9.21 Å². The highest BCUT2D eigenvalue weighted by Crippen LogP contribution is 2.15. The van der Waals surface area contributed by atoms with Crippen LogP contribution in [0.25, 0.3) is 11.1 Å². The maximum Gasteiger partial charge on any atom is 0.227 e. The van der Waals surface area contributed by atoms with E-state index in [-0.39, 0.29) is 5.91 Å². The first-order valence-electron chi connectivity index (χ1n) is 6.82. The van der Waals surface area contributed by atoms with Gasteiger partial charge in [-0.15, -0.1) is 0 Å². The molecule has 0 atom stereocenters. The topological polar surface area (TPSA) is 46.3 Å². The van der Waals surface area contributed by atoms with Gasteiger partial charge in [-0.1, -0.05) is 36.4 Å². The Balaban J connectivity index is 1.67. The molecule has 0 bridgehead atoms. The van der Waals surface area contributed by atoms with Crippen LogP contribution < -0.4 is 0 Å². The molecule has 0 aliphatic rings. The van der Waals surface area contributed by atoms with Gasteiger partial charge in [-0.2, -0.15) is 0 Å². The summed E-state index contributed by atoms with van der Waals surface area (Å²) in [6.45, 7) is 0.615. The lowest BCUT2D eigenvalue weighted by Gasteiger charge is -2.17. The number of carbonyl (C=O) groups excluding carboxylic acids is 1. The molecule has 4 nitrogen and oxygen atoms in total. The zero-order valence-corrected chi connectivity index (χ0v) is 11.8. The summed E-state index contributed by atoms with van der Waals surface area (Å²) in [5.41, 5.74) is 3.58. The summed E-state index contributed by atoms with van der Waals surface area (Å²) >= 11 is 0. The van der Waals surface area contributed by atoms with Crippen molar-refractivity contribution in [3.8, 4) is 0 Å². The largest absolute Gasteiger partial charge is 0.443 e. The minimum atomic E-state index is 0.0812. The van der Waals surface area contributed by atoms with Gasteiger partial charge in [-0.05, 0) is 23.3 Å². The van der Waals surface area contributed by atoms with Crippen LogP contribution in [-0.2, 0) is 17.8 Å². The molecule has 1 amide bonds. The zero-order valence-electron chi connectivity index (χ0n) is 11.8. The van der Waals surface area contributed by atoms with Gasteiger partial charge in [-0.25, -0.2) is 4.98 Å². The Kier molecular flexibility index (Phi) is 3.69. The van der Waals surface area contributed by atoms with Crippen LogP contribution in [0.2, 0.25) is 0 Å². The molecule has 0 radical (unpaired) electrons. The molecule has 1 aromatic heterocycles. The lowest BCUT2D eigenvalue weighted by molar-refractivity contribution is -0.129. The van der Waals surface area contributed by atoms with Crippen LogP contribution in [-0.4, -0.2) is 22.8 Å². The summed E-state index contributed by atoms with van der Waals surface area (Å²) in [6, 6.07) is 15.6. The maximum absolute atomic E-state index is 12.3. The van der Waals surface area contributed by atoms with Gasteiger partial charge in [0.05, 0.1) is 6.42 Å². The molecule has 4 heteroatoms. The van der Waals surface area contributed by atoms with E-state index in [1.165, 1.54) is 6.39 Å². The average Bonchev–Trinajstić information content (AvgIpc) is 2.95. The summed E-state index contributed by atoms with van der Waals surface area (Å²) in [5, 5.41) is 0. The van der Waals surface area contributed by atoms with E-state index < -0.39 is 0 Å². The maximum atomic E-state index is 12.3. The predicted octanol–water partition coefficient (Wildman–Crippen LogP) is 3.03. The standard InChI is InChI=1S/C17H16N2O2/c1-19(11-13-5-3-2-4-6-13)17(20)10-14-7-8-15-16(9-14)21-12-18-15/h2-9,12H,10-11H2,1H3. The second-order valence-corrected chi connectivity index (χ2v) is 5.07. The summed E-state index contributed by atoms with van der Waals surface area (Å²) in [7, 11) is 1.82. The third-order valence-electron chi connectivity index (χ3n) is 3.44. The van der Waals surface area contributed by atoms with E-state index >= 15 is 0 Å². The Morgan fingerprint density at radius 2 is 1.95 bits per heavy atom. The second kappa shape index (κ2) is 5.79. The number of rotatable bonds is 4. The van der Waals surface area contributed by atoms with E-state index in [0.717, 1.165) is 16.6 Å². The van der Waals surface area contributed by atoms with Crippen LogP contribution in [0.1, 0.15) is 11.1 Å². The molecule has 1 heterocycles. The van der Waals surface area contributed by atoms with Crippen LogP contribution in [0.4, 0.5) is 0 Å². The molecule has 3 aromatic rings. The molecular weight excluding hydrogens is 264 g/mol. The van der Waals surface area contributed by atoms with Gasteiger partial charge in [0.15, 0.2) is 12.0 Å². The third-order valence-corrected chi connectivity index (χ3v) is 3.44. The van der Waals surface area contributed by atoms with Crippen LogP contribution in [0.3, 0.4) is 0 Å². The van der Waals surface area contributed by atoms with Gasteiger partial charge >= 0.3 is 0 Å². The average molecular weight is 280 g/mol. The highest BCUT2D eigenvalue weighted by atomic mass is 16.3. The van der Waals surface area contributed by atoms with E-state index in [9.17, 15) is 4.79 Å². The van der Waals surface area contributed by atoms with Gasteiger partial charge in [0.2, 0.25) is 5.91 Å². The summed E-state index contributed by atoms with van der Waals surface area (Å²) in [6.07, 6.45) is 1.78. The van der Waals surface area contributed by atoms with E-state index in [1.54, 1.807) is 4.90 Å². The number of benzene rings is 2. The summed E-state index contributed by atoms with van der Waals surface area (Å²) in [4.78, 5) is 18.1. The molecule has 0 spiro atoms. The number of fused-ring (bicyclic) bond motifs is 1. The van der Waals surface area contributed by atoms with Crippen molar-refractivity contribution in [2.24, 2.45) is 0 Å². The van der Waals surface area contributed by atoms with E-state index in [4.69, 9.17) is 4.42 Å². The molecule has 3 rings (SSSR count). The molecule has 21 heavy (non-hydrogen) atoms. The van der Waals surface area contributed by atoms with Crippen LogP contribution in [0.5, 0.6) is 0 Å². The number of nitrogens with zero attached hydrogens (tertiary/aromatic N) is 2. The fourth-order valence-electron chi connectivity index (χ4n) is 2.26. The molecule has 0 aliphatic carbocycles. The monoisotopic (exact) mass is 280 g/mol. The first kappa shape index (κ1) is 13.4. The Bertz CT molecular complexity index is 750. The third kappa shape index (κ3) is 3.11. The van der Waals surface area contributed by atoms with Crippen molar-refractivity contribution in [1.29, 1.82) is 0 Å². The Morgan fingerprint density at radius 1 is 1.14 bits per heavy atom. The Hall–Kier alpha value is -2.62. The SMILES string of the molecule is CN(Cc1ccccc1)C(=O)Cc1ccc2ncoc2c1. The summed E-state index contributed by atoms with van der Waals surface area (Å²) in [5.74, 6) is 0.0812. The normalized spacial score (nSPS) is 10.7. The highest BCUT2D eigenvalue weighted by Gasteiger charge is 2.11. The first-order chi connectivity index (χ1) is 10.2. The van der Waals surface area contributed by atoms with Crippen molar-refractivity contribution in [3.05, 3.63) is 66.1 Å². The molecular formula is C17H16N2O2. The molecule has 0 unspecified atom stereocenters. The van der Waals surface area contributed by atoms with E-state index in [2.05, 4.69) is 4.98 Å². The Morgan fingerprint density at radius 3 is 2.76 bits per heavy atom. The fraction of sp³-hybridized carbons (Fsp3) is 0.176. The molecule has 0 aliphatic heterocycles. The summed E-state index contributed by atoms with van der Waals surface area (Å²) < 4.78 is 5.26. The molecule has 106 valence electrons. The molecule has 0 saturated heterocycles. The molecule has 2 aromatic carbocycles. The van der Waals surface area contributed by atoms with Crippen LogP contribution in [0.15, 0.2) is 59.3 Å². The van der Waals surface area contributed by atoms with Gasteiger partial charge in [0.25, 0.3) is 0 Å². The van der Waals surface area contributed by atoms with Crippen molar-refractivity contribution in [1.82, 2.24) is 9.88 Å². The lowest BCUT2D eigenvalue weighted by atomic mass is 10.1. The van der Waals surface area contributed by atoms with Crippen molar-refractivity contribution in [2.45, 2.75) is 13.0 Å². The predicted molar refractivity (Wildman–Crippen MR) is 80.6 cm³/mol. The van der Waals surface area contributed by atoms with Crippen molar-refractivity contribution >= 4 is 17.0 Å². The number of hydrogen-bond acceptors (Lipinski definition) is 3. The second-order valence-electron chi connectivity index (χ2n) is 5.07. The van der Waals surface area contributed by atoms with Crippen molar-refractivity contribution in [2.75, 3.05) is 7.05 Å². The van der Waals surface area contributed by atoms with Gasteiger partial charge in [0.1, 0.15) is 5.52 Å². The zero-order chi connectivity index (χ0) is 14.7. The number of carbonyl (C=O) groups is 1. The smallest absolute Gasteiger partial charge is 0.227 e. The number of hydrogen-bond donors (Lipinski definition) is 0. The minimum absolute atomic E-state index is 0.0812. The molecule has 0 fully saturated rings. The fourth-order valence-corrected chi connectivity index (χ4v) is 2.26. The van der Waals surface area contributed by atoms with Crippen LogP contribution in [0, 0.1) is 0 Å². The minimum Gasteiger partial charge on any atom is -0.443 e. The van der Waals surface area contributed by atoms with Crippen molar-refractivity contribution in [3.63, 3.8) is 0 Å². The van der Waals surface area contributed by atoms with Gasteiger partial charge in [-0.3, -0.25) is 4.79 Å². The van der Waals surface area contributed by atoms with E-state index in [0.29, 0.717) is 18.5 Å². The lowest BCUT2D eigenvalue weighted by Crippen LogP contribution is -2.27. The first-order valence-corrected chi connectivity index (χ1v) is 6.82. The number of aromatic nitrogens is 1. The van der Waals surface area contributed by atoms with Crippen LogP contribution >= 0.6 is 0 Å². The highest BCUT2D eigenvalue weighted by molar-refractivity contribution is 5.80. The quantitative estimate of drug-likeness (QED) is 0.738. The Labute approximate surface area is 123 Å². The number of amides is 1. The van der Waals surface area contributed by atoms with Gasteiger partial charge < -0.3 is 9.32 Å². The van der Waals surface area contributed by atoms with E-state index in [1.807, 2.05) is 55.6 Å². The molecule has 0 saturated carbocycles. The number of oxazole rings is 1.